The predicted molar refractivity (Wildman–Crippen MR) is 128 cm³/mol. The molecule has 0 atom stereocenters. The number of hydrogen-bond acceptors (Lipinski definition) is 3. The van der Waals surface area contributed by atoms with E-state index in [0.717, 1.165) is 22.5 Å². The number of carbonyl (C=O) groups excluding carboxylic acids is 2. The highest BCUT2D eigenvalue weighted by atomic mass is 16.2. The molecule has 1 N–H and O–H groups in total. The monoisotopic (exact) mass is 429 g/mol. The number of anilines is 1. The van der Waals surface area contributed by atoms with Crippen molar-refractivity contribution in [2.45, 2.75) is 39.7 Å². The molecule has 0 radical (unpaired) electrons. The van der Waals surface area contributed by atoms with Gasteiger partial charge >= 0.3 is 0 Å². The van der Waals surface area contributed by atoms with Crippen molar-refractivity contribution in [2.75, 3.05) is 11.4 Å². The second-order valence-electron chi connectivity index (χ2n) is 8.33. The zero-order valence-corrected chi connectivity index (χ0v) is 18.8. The van der Waals surface area contributed by atoms with Crippen molar-refractivity contribution >= 4 is 17.5 Å². The van der Waals surface area contributed by atoms with Gasteiger partial charge in [0.2, 0.25) is 11.8 Å². The molecule has 3 aromatic rings. The maximum Gasteiger partial charge on any atom is 0.227 e. The minimum Gasteiger partial charge on any atom is -0.355 e. The van der Waals surface area contributed by atoms with Crippen LogP contribution in [0.4, 0.5) is 5.69 Å². The average Bonchev–Trinajstić information content (AvgIpc) is 2.79. The number of carbonyl (C=O) groups is 2. The summed E-state index contributed by atoms with van der Waals surface area (Å²) in [4.78, 5) is 31.3. The summed E-state index contributed by atoms with van der Waals surface area (Å²) in [7, 11) is 0. The van der Waals surface area contributed by atoms with Gasteiger partial charge in [0.15, 0.2) is 0 Å². The quantitative estimate of drug-likeness (QED) is 0.514. The lowest BCUT2D eigenvalue weighted by atomic mass is 10.1. The Kier molecular flexibility index (Phi) is 8.55. The van der Waals surface area contributed by atoms with E-state index in [1.165, 1.54) is 0 Å². The fourth-order valence-electron chi connectivity index (χ4n) is 3.47. The van der Waals surface area contributed by atoms with Crippen LogP contribution in [0, 0.1) is 5.92 Å². The van der Waals surface area contributed by atoms with Crippen LogP contribution in [0.2, 0.25) is 0 Å². The van der Waals surface area contributed by atoms with Gasteiger partial charge in [-0.2, -0.15) is 0 Å². The summed E-state index contributed by atoms with van der Waals surface area (Å²) in [6, 6.07) is 23.5. The second-order valence-corrected chi connectivity index (χ2v) is 8.33. The van der Waals surface area contributed by atoms with Gasteiger partial charge in [-0.3, -0.25) is 14.6 Å². The zero-order valence-electron chi connectivity index (χ0n) is 18.8. The SMILES string of the molecule is CC(C)CC(=O)N(Cc1ccccc1)c1ccc(CC(=O)NCCc2ccccn2)cc1. The molecule has 0 aliphatic carbocycles. The van der Waals surface area contributed by atoms with Crippen LogP contribution in [0.5, 0.6) is 0 Å². The molecule has 5 nitrogen and oxygen atoms in total. The number of benzene rings is 2. The summed E-state index contributed by atoms with van der Waals surface area (Å²) in [5, 5.41) is 2.95. The third-order valence-corrected chi connectivity index (χ3v) is 5.11. The van der Waals surface area contributed by atoms with Crippen LogP contribution in [0.15, 0.2) is 79.0 Å². The molecule has 0 saturated carbocycles. The number of nitrogens with zero attached hydrogens (tertiary/aromatic N) is 2. The fourth-order valence-corrected chi connectivity index (χ4v) is 3.47. The molecule has 32 heavy (non-hydrogen) atoms. The molecule has 5 heteroatoms. The first-order valence-electron chi connectivity index (χ1n) is 11.1. The van der Waals surface area contributed by atoms with Gasteiger partial charge in [-0.1, -0.05) is 62.4 Å². The molecule has 0 bridgehead atoms. The number of rotatable bonds is 10. The van der Waals surface area contributed by atoms with Gasteiger partial charge in [-0.15, -0.1) is 0 Å². The normalized spacial score (nSPS) is 10.7. The van der Waals surface area contributed by atoms with E-state index in [1.54, 1.807) is 6.20 Å². The molecule has 0 aliphatic heterocycles. The van der Waals surface area contributed by atoms with Crippen LogP contribution in [0.1, 0.15) is 37.1 Å². The van der Waals surface area contributed by atoms with Crippen LogP contribution in [-0.4, -0.2) is 23.3 Å². The van der Waals surface area contributed by atoms with Crippen molar-refractivity contribution in [3.63, 3.8) is 0 Å². The number of hydrogen-bond donors (Lipinski definition) is 1. The Balaban J connectivity index is 1.60. The third kappa shape index (κ3) is 7.34. The first kappa shape index (κ1) is 23.2. The van der Waals surface area contributed by atoms with Crippen molar-refractivity contribution < 1.29 is 9.59 Å². The Morgan fingerprint density at radius 1 is 0.906 bits per heavy atom. The molecule has 1 heterocycles. The highest BCUT2D eigenvalue weighted by Crippen LogP contribution is 2.21. The molecule has 0 spiro atoms. The van der Waals surface area contributed by atoms with Gasteiger partial charge in [0.05, 0.1) is 13.0 Å². The topological polar surface area (TPSA) is 62.3 Å². The summed E-state index contributed by atoms with van der Waals surface area (Å²) in [5.41, 5.74) is 3.81. The summed E-state index contributed by atoms with van der Waals surface area (Å²) in [6.07, 6.45) is 3.26. The maximum absolute atomic E-state index is 12.9. The smallest absolute Gasteiger partial charge is 0.227 e. The molecular formula is C27H31N3O2. The van der Waals surface area contributed by atoms with Gasteiger partial charge < -0.3 is 10.2 Å². The van der Waals surface area contributed by atoms with Crippen molar-refractivity contribution in [3.8, 4) is 0 Å². The average molecular weight is 430 g/mol. The summed E-state index contributed by atoms with van der Waals surface area (Å²) in [5.74, 6) is 0.365. The number of pyridine rings is 1. The van der Waals surface area contributed by atoms with Gasteiger partial charge in [-0.25, -0.2) is 0 Å². The van der Waals surface area contributed by atoms with Crippen LogP contribution in [0.3, 0.4) is 0 Å². The van der Waals surface area contributed by atoms with E-state index in [-0.39, 0.29) is 17.7 Å². The second kappa shape index (κ2) is 11.8. The van der Waals surface area contributed by atoms with E-state index in [9.17, 15) is 9.59 Å². The lowest BCUT2D eigenvalue weighted by Crippen LogP contribution is -2.31. The third-order valence-electron chi connectivity index (χ3n) is 5.11. The van der Waals surface area contributed by atoms with Gasteiger partial charge in [0.25, 0.3) is 0 Å². The Hall–Kier alpha value is -3.47. The largest absolute Gasteiger partial charge is 0.355 e. The summed E-state index contributed by atoms with van der Waals surface area (Å²) < 4.78 is 0. The first-order valence-corrected chi connectivity index (χ1v) is 11.1. The van der Waals surface area contributed by atoms with E-state index >= 15 is 0 Å². The summed E-state index contributed by atoms with van der Waals surface area (Å²) in [6.45, 7) is 5.19. The van der Waals surface area contributed by atoms with Gasteiger partial charge in [-0.05, 0) is 41.3 Å². The fraction of sp³-hybridized carbons (Fsp3) is 0.296. The minimum atomic E-state index is -0.0225. The number of nitrogens with one attached hydrogen (secondary N) is 1. The van der Waals surface area contributed by atoms with E-state index in [0.29, 0.717) is 32.4 Å². The van der Waals surface area contributed by atoms with Gasteiger partial charge in [0.1, 0.15) is 0 Å². The van der Waals surface area contributed by atoms with E-state index in [2.05, 4.69) is 10.3 Å². The highest BCUT2D eigenvalue weighted by molar-refractivity contribution is 5.93. The molecule has 2 amide bonds. The van der Waals surface area contributed by atoms with Crippen molar-refractivity contribution in [3.05, 3.63) is 95.8 Å². The Morgan fingerprint density at radius 2 is 1.62 bits per heavy atom. The van der Waals surface area contributed by atoms with Crippen LogP contribution in [-0.2, 0) is 29.0 Å². The summed E-state index contributed by atoms with van der Waals surface area (Å²) >= 11 is 0. The minimum absolute atomic E-state index is 0.0225. The van der Waals surface area contributed by atoms with Crippen molar-refractivity contribution in [1.29, 1.82) is 0 Å². The highest BCUT2D eigenvalue weighted by Gasteiger charge is 2.17. The van der Waals surface area contributed by atoms with E-state index < -0.39 is 0 Å². The van der Waals surface area contributed by atoms with E-state index in [1.807, 2.05) is 91.5 Å². The van der Waals surface area contributed by atoms with E-state index in [4.69, 9.17) is 0 Å². The molecule has 3 rings (SSSR count). The lowest BCUT2D eigenvalue weighted by molar-refractivity contribution is -0.120. The van der Waals surface area contributed by atoms with Crippen molar-refractivity contribution in [1.82, 2.24) is 10.3 Å². The maximum atomic E-state index is 12.9. The molecule has 0 fully saturated rings. The van der Waals surface area contributed by atoms with Crippen molar-refractivity contribution in [2.24, 2.45) is 5.92 Å². The standard InChI is InChI=1S/C27H31N3O2/c1-21(2)18-27(32)30(20-23-8-4-3-5-9-23)25-13-11-22(12-14-25)19-26(31)29-17-15-24-10-6-7-16-28-24/h3-14,16,21H,15,17-20H2,1-2H3,(H,29,31). The van der Waals surface area contributed by atoms with Crippen LogP contribution < -0.4 is 10.2 Å². The molecule has 166 valence electrons. The first-order chi connectivity index (χ1) is 15.5. The molecule has 0 unspecified atom stereocenters. The predicted octanol–water partition coefficient (Wildman–Crippen LogP) is 4.56. The molecule has 1 aromatic heterocycles. The Bertz CT molecular complexity index is 986. The van der Waals surface area contributed by atoms with Crippen LogP contribution in [0.25, 0.3) is 0 Å². The van der Waals surface area contributed by atoms with Gasteiger partial charge in [0, 0.05) is 37.0 Å². The molecule has 0 saturated heterocycles. The number of aromatic nitrogens is 1. The molecule has 0 aliphatic rings. The number of amides is 2. The zero-order chi connectivity index (χ0) is 22.8. The molecular weight excluding hydrogens is 398 g/mol. The van der Waals surface area contributed by atoms with Crippen LogP contribution >= 0.6 is 0 Å². The molecule has 2 aromatic carbocycles. The lowest BCUT2D eigenvalue weighted by Gasteiger charge is -2.24. The Morgan fingerprint density at radius 3 is 2.28 bits per heavy atom. The Labute approximate surface area is 190 Å².